The standard InChI is InChI=1S/C22H22ClN7O/c1-15-10-16(6-7-24-15)21-26-27-22(28(21)2)30-8-9-31-13-20(30)19-12-29(14-25-19)18-5-3-4-17(23)11-18/h3-7,10-12,14,20H,8-9,13H2,1-2H3. The smallest absolute Gasteiger partial charge is 0.227 e. The molecule has 1 saturated heterocycles. The van der Waals surface area contributed by atoms with Crippen LogP contribution in [0, 0.1) is 6.92 Å². The molecule has 5 rings (SSSR count). The number of halogens is 1. The van der Waals surface area contributed by atoms with Gasteiger partial charge in [-0.2, -0.15) is 0 Å². The largest absolute Gasteiger partial charge is 0.377 e. The third-order valence-electron chi connectivity index (χ3n) is 5.44. The van der Waals surface area contributed by atoms with E-state index in [0.29, 0.717) is 24.8 Å². The Labute approximate surface area is 185 Å². The number of rotatable bonds is 4. The highest BCUT2D eigenvalue weighted by Crippen LogP contribution is 2.30. The summed E-state index contributed by atoms with van der Waals surface area (Å²) >= 11 is 6.15. The zero-order chi connectivity index (χ0) is 21.4. The molecular weight excluding hydrogens is 414 g/mol. The minimum absolute atomic E-state index is 0.0656. The molecule has 158 valence electrons. The van der Waals surface area contributed by atoms with Crippen molar-refractivity contribution in [1.82, 2.24) is 29.3 Å². The fourth-order valence-corrected chi connectivity index (χ4v) is 4.07. The summed E-state index contributed by atoms with van der Waals surface area (Å²) in [7, 11) is 1.98. The van der Waals surface area contributed by atoms with Gasteiger partial charge >= 0.3 is 0 Å². The highest BCUT2D eigenvalue weighted by atomic mass is 35.5. The summed E-state index contributed by atoms with van der Waals surface area (Å²) in [5.74, 6) is 1.59. The molecule has 4 heterocycles. The lowest BCUT2D eigenvalue weighted by atomic mass is 10.2. The van der Waals surface area contributed by atoms with Crippen molar-refractivity contribution in [1.29, 1.82) is 0 Å². The molecule has 0 aliphatic carbocycles. The highest BCUT2D eigenvalue weighted by Gasteiger charge is 2.30. The second-order valence-corrected chi connectivity index (χ2v) is 7.97. The number of hydrogen-bond donors (Lipinski definition) is 0. The molecule has 3 aromatic heterocycles. The van der Waals surface area contributed by atoms with Gasteiger partial charge < -0.3 is 14.2 Å². The SMILES string of the molecule is Cc1cc(-c2nnc(N3CCOCC3c3cn(-c4cccc(Cl)c4)cn3)n2C)ccn1. The number of benzene rings is 1. The topological polar surface area (TPSA) is 73.9 Å². The van der Waals surface area contributed by atoms with E-state index < -0.39 is 0 Å². The number of ether oxygens (including phenoxy) is 1. The second-order valence-electron chi connectivity index (χ2n) is 7.54. The molecule has 4 aromatic rings. The zero-order valence-electron chi connectivity index (χ0n) is 17.3. The molecule has 1 aliphatic heterocycles. The molecule has 1 aliphatic rings. The van der Waals surface area contributed by atoms with E-state index in [9.17, 15) is 0 Å². The van der Waals surface area contributed by atoms with Crippen LogP contribution in [0.1, 0.15) is 17.4 Å². The fourth-order valence-electron chi connectivity index (χ4n) is 3.88. The van der Waals surface area contributed by atoms with Crippen LogP contribution in [0.25, 0.3) is 17.1 Å². The molecule has 8 nitrogen and oxygen atoms in total. The first-order valence-corrected chi connectivity index (χ1v) is 10.4. The molecule has 31 heavy (non-hydrogen) atoms. The number of hydrogen-bond acceptors (Lipinski definition) is 6. The minimum atomic E-state index is -0.0656. The van der Waals surface area contributed by atoms with E-state index in [0.717, 1.165) is 34.4 Å². The van der Waals surface area contributed by atoms with E-state index >= 15 is 0 Å². The first-order chi connectivity index (χ1) is 15.1. The van der Waals surface area contributed by atoms with Crippen LogP contribution in [-0.2, 0) is 11.8 Å². The summed E-state index contributed by atoms with van der Waals surface area (Å²) in [4.78, 5) is 11.1. The number of imidazole rings is 1. The normalized spacial score (nSPS) is 16.6. The van der Waals surface area contributed by atoms with Crippen LogP contribution in [0.15, 0.2) is 55.1 Å². The lowest BCUT2D eigenvalue weighted by Crippen LogP contribution is -2.41. The maximum atomic E-state index is 6.15. The molecule has 0 radical (unpaired) electrons. The van der Waals surface area contributed by atoms with Gasteiger partial charge in [0.05, 0.1) is 31.3 Å². The Hall–Kier alpha value is -3.23. The number of nitrogens with zero attached hydrogens (tertiary/aromatic N) is 7. The summed E-state index contributed by atoms with van der Waals surface area (Å²) in [5, 5.41) is 9.65. The number of morpholine rings is 1. The Morgan fingerprint density at radius 1 is 1.13 bits per heavy atom. The zero-order valence-corrected chi connectivity index (χ0v) is 18.1. The molecule has 0 bridgehead atoms. The van der Waals surface area contributed by atoms with E-state index in [4.69, 9.17) is 16.3 Å². The van der Waals surface area contributed by atoms with Gasteiger partial charge in [-0.05, 0) is 37.3 Å². The summed E-state index contributed by atoms with van der Waals surface area (Å²) < 4.78 is 9.77. The molecule has 1 atom stereocenters. The van der Waals surface area contributed by atoms with Crippen LogP contribution in [0.5, 0.6) is 0 Å². The second kappa shape index (κ2) is 8.13. The van der Waals surface area contributed by atoms with E-state index in [1.807, 2.05) is 65.7 Å². The van der Waals surface area contributed by atoms with Crippen molar-refractivity contribution in [3.63, 3.8) is 0 Å². The predicted molar refractivity (Wildman–Crippen MR) is 118 cm³/mol. The molecule has 1 fully saturated rings. The van der Waals surface area contributed by atoms with Crippen molar-refractivity contribution < 1.29 is 4.74 Å². The molecule has 0 N–H and O–H groups in total. The first-order valence-electron chi connectivity index (χ1n) is 10.1. The Morgan fingerprint density at radius 3 is 2.87 bits per heavy atom. The van der Waals surface area contributed by atoms with E-state index in [1.165, 1.54) is 0 Å². The maximum Gasteiger partial charge on any atom is 0.227 e. The van der Waals surface area contributed by atoms with E-state index in [2.05, 4.69) is 25.1 Å². The molecule has 0 spiro atoms. The Bertz CT molecular complexity index is 1220. The average molecular weight is 436 g/mol. The number of aryl methyl sites for hydroxylation is 1. The number of aromatic nitrogens is 6. The van der Waals surface area contributed by atoms with Crippen molar-refractivity contribution >= 4 is 17.5 Å². The van der Waals surface area contributed by atoms with Crippen molar-refractivity contribution in [2.45, 2.75) is 13.0 Å². The molecule has 0 saturated carbocycles. The number of pyridine rings is 1. The van der Waals surface area contributed by atoms with Gasteiger partial charge in [0, 0.05) is 48.0 Å². The monoisotopic (exact) mass is 435 g/mol. The summed E-state index contributed by atoms with van der Waals surface area (Å²) in [6, 6.07) is 11.6. The van der Waals surface area contributed by atoms with Crippen LogP contribution >= 0.6 is 11.6 Å². The van der Waals surface area contributed by atoms with Gasteiger partial charge in [0.2, 0.25) is 5.95 Å². The van der Waals surface area contributed by atoms with Gasteiger partial charge in [0.1, 0.15) is 0 Å². The van der Waals surface area contributed by atoms with E-state index in [-0.39, 0.29) is 6.04 Å². The van der Waals surface area contributed by atoms with Gasteiger partial charge in [0.25, 0.3) is 0 Å². The maximum absolute atomic E-state index is 6.15. The van der Waals surface area contributed by atoms with Crippen molar-refractivity contribution in [3.05, 3.63) is 71.5 Å². The molecule has 1 unspecified atom stereocenters. The fraction of sp³-hybridized carbons (Fsp3) is 0.273. The predicted octanol–water partition coefficient (Wildman–Crippen LogP) is 3.60. The lowest BCUT2D eigenvalue weighted by Gasteiger charge is -2.35. The van der Waals surface area contributed by atoms with Crippen molar-refractivity contribution in [2.24, 2.45) is 7.05 Å². The molecular formula is C22H22ClN7O. The van der Waals surface area contributed by atoms with Crippen LogP contribution in [0.2, 0.25) is 5.02 Å². The van der Waals surface area contributed by atoms with Gasteiger partial charge in [-0.25, -0.2) is 4.98 Å². The Balaban J connectivity index is 1.47. The molecule has 1 aromatic carbocycles. The summed E-state index contributed by atoms with van der Waals surface area (Å²) in [6.07, 6.45) is 5.61. The quantitative estimate of drug-likeness (QED) is 0.487. The summed E-state index contributed by atoms with van der Waals surface area (Å²) in [6.45, 7) is 3.83. The third-order valence-corrected chi connectivity index (χ3v) is 5.68. The third kappa shape index (κ3) is 3.80. The van der Waals surface area contributed by atoms with Gasteiger partial charge in [-0.15, -0.1) is 10.2 Å². The van der Waals surface area contributed by atoms with Crippen LogP contribution in [0.3, 0.4) is 0 Å². The van der Waals surface area contributed by atoms with Crippen molar-refractivity contribution in [2.75, 3.05) is 24.7 Å². The van der Waals surface area contributed by atoms with Crippen LogP contribution in [-0.4, -0.2) is 49.1 Å². The van der Waals surface area contributed by atoms with Gasteiger partial charge in [-0.3, -0.25) is 9.55 Å². The minimum Gasteiger partial charge on any atom is -0.377 e. The Morgan fingerprint density at radius 2 is 2.03 bits per heavy atom. The van der Waals surface area contributed by atoms with Crippen LogP contribution in [0.4, 0.5) is 5.95 Å². The average Bonchev–Trinajstić information content (AvgIpc) is 3.41. The highest BCUT2D eigenvalue weighted by molar-refractivity contribution is 6.30. The first kappa shape index (κ1) is 19.7. The molecule has 9 heteroatoms. The Kier molecular flexibility index (Phi) is 5.17. The van der Waals surface area contributed by atoms with Crippen LogP contribution < -0.4 is 4.90 Å². The van der Waals surface area contributed by atoms with Gasteiger partial charge in [0.15, 0.2) is 5.82 Å². The number of anilines is 1. The van der Waals surface area contributed by atoms with Crippen molar-refractivity contribution in [3.8, 4) is 17.1 Å². The van der Waals surface area contributed by atoms with Gasteiger partial charge in [-0.1, -0.05) is 17.7 Å². The summed E-state index contributed by atoms with van der Waals surface area (Å²) in [5.41, 5.74) is 3.80. The lowest BCUT2D eigenvalue weighted by molar-refractivity contribution is 0.0919. The van der Waals surface area contributed by atoms with E-state index in [1.54, 1.807) is 12.5 Å². The molecule has 0 amide bonds.